The van der Waals surface area contributed by atoms with Crippen molar-refractivity contribution in [3.63, 3.8) is 0 Å². The number of hydrogen-bond acceptors (Lipinski definition) is 3. The van der Waals surface area contributed by atoms with E-state index < -0.39 is 5.97 Å². The van der Waals surface area contributed by atoms with E-state index in [0.717, 1.165) is 31.2 Å². The van der Waals surface area contributed by atoms with Gasteiger partial charge >= 0.3 is 5.97 Å². The van der Waals surface area contributed by atoms with Crippen LogP contribution in [0.1, 0.15) is 50.6 Å². The number of benzene rings is 1. The first-order chi connectivity index (χ1) is 10.6. The van der Waals surface area contributed by atoms with Gasteiger partial charge in [0.05, 0.1) is 6.04 Å². The van der Waals surface area contributed by atoms with Crippen molar-refractivity contribution >= 4 is 11.9 Å². The predicted octanol–water partition coefficient (Wildman–Crippen LogP) is 2.91. The number of carboxylic acid groups (broad SMARTS) is 1. The van der Waals surface area contributed by atoms with Crippen molar-refractivity contribution in [2.45, 2.75) is 45.1 Å². The van der Waals surface area contributed by atoms with Crippen molar-refractivity contribution in [2.24, 2.45) is 5.92 Å². The van der Waals surface area contributed by atoms with Crippen molar-refractivity contribution in [2.75, 3.05) is 6.61 Å². The molecule has 1 aliphatic rings. The minimum absolute atomic E-state index is 0.0667. The lowest BCUT2D eigenvalue weighted by atomic mass is 9.88. The lowest BCUT2D eigenvalue weighted by molar-refractivity contribution is -0.139. The Morgan fingerprint density at radius 2 is 1.86 bits per heavy atom. The number of rotatable bonds is 6. The molecule has 0 saturated heterocycles. The topological polar surface area (TPSA) is 75.6 Å². The molecule has 1 saturated carbocycles. The largest absolute Gasteiger partial charge is 0.482 e. The zero-order chi connectivity index (χ0) is 15.9. The zero-order valence-electron chi connectivity index (χ0n) is 12.9. The Morgan fingerprint density at radius 1 is 1.23 bits per heavy atom. The van der Waals surface area contributed by atoms with Crippen LogP contribution in [0, 0.1) is 5.92 Å². The molecule has 0 radical (unpaired) electrons. The summed E-state index contributed by atoms with van der Waals surface area (Å²) in [6.45, 7) is 1.60. The SMILES string of the molecule is CC(NC(=O)C1CCCCC1)c1ccc(OCC(=O)O)cc1. The molecule has 1 unspecified atom stereocenters. The molecule has 0 aliphatic heterocycles. The number of hydrogen-bond donors (Lipinski definition) is 2. The highest BCUT2D eigenvalue weighted by Gasteiger charge is 2.22. The van der Waals surface area contributed by atoms with Gasteiger partial charge in [-0.25, -0.2) is 4.79 Å². The van der Waals surface area contributed by atoms with Gasteiger partial charge in [-0.1, -0.05) is 31.4 Å². The minimum atomic E-state index is -1.00. The molecule has 5 nitrogen and oxygen atoms in total. The number of nitrogens with one attached hydrogen (secondary N) is 1. The molecule has 1 fully saturated rings. The highest BCUT2D eigenvalue weighted by molar-refractivity contribution is 5.79. The van der Waals surface area contributed by atoms with Crippen molar-refractivity contribution in [3.05, 3.63) is 29.8 Å². The highest BCUT2D eigenvalue weighted by atomic mass is 16.5. The minimum Gasteiger partial charge on any atom is -0.482 e. The first kappa shape index (κ1) is 16.3. The highest BCUT2D eigenvalue weighted by Crippen LogP contribution is 2.25. The molecular formula is C17H23NO4. The predicted molar refractivity (Wildman–Crippen MR) is 82.7 cm³/mol. The van der Waals surface area contributed by atoms with Crippen LogP contribution in [-0.4, -0.2) is 23.6 Å². The Balaban J connectivity index is 1.87. The van der Waals surface area contributed by atoms with Gasteiger partial charge in [0.1, 0.15) is 5.75 Å². The monoisotopic (exact) mass is 305 g/mol. The van der Waals surface area contributed by atoms with Crippen LogP contribution in [0.4, 0.5) is 0 Å². The van der Waals surface area contributed by atoms with Gasteiger partial charge in [-0.05, 0) is 37.5 Å². The third kappa shape index (κ3) is 4.76. The molecule has 2 rings (SSSR count). The standard InChI is InChI=1S/C17H23NO4/c1-12(18-17(21)14-5-3-2-4-6-14)13-7-9-15(10-8-13)22-11-16(19)20/h7-10,12,14H,2-6,11H2,1H3,(H,18,21)(H,19,20). The molecule has 0 bridgehead atoms. The number of amides is 1. The van der Waals surface area contributed by atoms with Crippen molar-refractivity contribution in [1.29, 1.82) is 0 Å². The number of aliphatic carboxylic acids is 1. The first-order valence-electron chi connectivity index (χ1n) is 7.81. The molecule has 1 atom stereocenters. The van der Waals surface area contributed by atoms with Crippen LogP contribution in [0.25, 0.3) is 0 Å². The smallest absolute Gasteiger partial charge is 0.341 e. The average molecular weight is 305 g/mol. The van der Waals surface area contributed by atoms with E-state index in [1.165, 1.54) is 6.42 Å². The third-order valence-corrected chi connectivity index (χ3v) is 4.08. The molecule has 2 N–H and O–H groups in total. The second-order valence-corrected chi connectivity index (χ2v) is 5.82. The van der Waals surface area contributed by atoms with Gasteiger partial charge in [0.15, 0.2) is 6.61 Å². The summed E-state index contributed by atoms with van der Waals surface area (Å²) in [6.07, 6.45) is 5.49. The number of carbonyl (C=O) groups excluding carboxylic acids is 1. The molecule has 1 amide bonds. The lowest BCUT2D eigenvalue weighted by Gasteiger charge is -2.23. The molecule has 22 heavy (non-hydrogen) atoms. The lowest BCUT2D eigenvalue weighted by Crippen LogP contribution is -2.33. The Bertz CT molecular complexity index is 506. The molecule has 0 aromatic heterocycles. The van der Waals surface area contributed by atoms with E-state index in [-0.39, 0.29) is 24.5 Å². The fraction of sp³-hybridized carbons (Fsp3) is 0.529. The molecule has 1 aromatic rings. The quantitative estimate of drug-likeness (QED) is 0.847. The van der Waals surface area contributed by atoms with E-state index in [1.807, 2.05) is 19.1 Å². The normalized spacial score (nSPS) is 16.8. The summed E-state index contributed by atoms with van der Waals surface area (Å²) in [5, 5.41) is 11.6. The van der Waals surface area contributed by atoms with E-state index >= 15 is 0 Å². The van der Waals surface area contributed by atoms with Crippen molar-refractivity contribution in [3.8, 4) is 5.75 Å². The summed E-state index contributed by atoms with van der Waals surface area (Å²) in [4.78, 5) is 22.7. The van der Waals surface area contributed by atoms with E-state index in [2.05, 4.69) is 5.32 Å². The zero-order valence-corrected chi connectivity index (χ0v) is 12.9. The van der Waals surface area contributed by atoms with Crippen LogP contribution in [0.15, 0.2) is 24.3 Å². The molecule has 5 heteroatoms. The maximum atomic E-state index is 12.2. The second-order valence-electron chi connectivity index (χ2n) is 5.82. The Kier molecular flexibility index (Phi) is 5.81. The van der Waals surface area contributed by atoms with Crippen LogP contribution >= 0.6 is 0 Å². The van der Waals surface area contributed by atoms with Gasteiger partial charge in [0.2, 0.25) is 5.91 Å². The molecule has 120 valence electrons. The molecule has 0 spiro atoms. The Morgan fingerprint density at radius 3 is 2.45 bits per heavy atom. The summed E-state index contributed by atoms with van der Waals surface area (Å²) in [5.74, 6) is -0.207. The van der Waals surface area contributed by atoms with Gasteiger partial charge in [0.25, 0.3) is 0 Å². The van der Waals surface area contributed by atoms with E-state index in [1.54, 1.807) is 12.1 Å². The summed E-state index contributed by atoms with van der Waals surface area (Å²) in [7, 11) is 0. The number of carbonyl (C=O) groups is 2. The summed E-state index contributed by atoms with van der Waals surface area (Å²) >= 11 is 0. The van der Waals surface area contributed by atoms with Crippen LogP contribution < -0.4 is 10.1 Å². The number of ether oxygens (including phenoxy) is 1. The Labute approximate surface area is 130 Å². The van der Waals surface area contributed by atoms with E-state index in [4.69, 9.17) is 9.84 Å². The maximum absolute atomic E-state index is 12.2. The van der Waals surface area contributed by atoms with Gasteiger partial charge in [0, 0.05) is 5.92 Å². The summed E-state index contributed by atoms with van der Waals surface area (Å²) in [6, 6.07) is 7.08. The van der Waals surface area contributed by atoms with E-state index in [0.29, 0.717) is 5.75 Å². The summed E-state index contributed by atoms with van der Waals surface area (Å²) in [5.41, 5.74) is 0.979. The van der Waals surface area contributed by atoms with E-state index in [9.17, 15) is 9.59 Å². The molecule has 1 aromatic carbocycles. The van der Waals surface area contributed by atoms with Crippen LogP contribution in [0.5, 0.6) is 5.75 Å². The van der Waals surface area contributed by atoms with Crippen molar-refractivity contribution in [1.82, 2.24) is 5.32 Å². The van der Waals surface area contributed by atoms with Crippen LogP contribution in [0.2, 0.25) is 0 Å². The maximum Gasteiger partial charge on any atom is 0.341 e. The molecule has 1 aliphatic carbocycles. The van der Waals surface area contributed by atoms with Crippen LogP contribution in [0.3, 0.4) is 0 Å². The first-order valence-corrected chi connectivity index (χ1v) is 7.81. The van der Waals surface area contributed by atoms with Crippen molar-refractivity contribution < 1.29 is 19.4 Å². The fourth-order valence-corrected chi connectivity index (χ4v) is 2.78. The average Bonchev–Trinajstić information content (AvgIpc) is 2.54. The van der Waals surface area contributed by atoms with Gasteiger partial charge < -0.3 is 15.2 Å². The fourth-order valence-electron chi connectivity index (χ4n) is 2.78. The third-order valence-electron chi connectivity index (χ3n) is 4.08. The molecular weight excluding hydrogens is 282 g/mol. The van der Waals surface area contributed by atoms with Gasteiger partial charge in [-0.15, -0.1) is 0 Å². The second kappa shape index (κ2) is 7.82. The summed E-state index contributed by atoms with van der Waals surface area (Å²) < 4.78 is 5.09. The molecule has 0 heterocycles. The van der Waals surface area contributed by atoms with Gasteiger partial charge in [-0.2, -0.15) is 0 Å². The Hall–Kier alpha value is -2.04. The van der Waals surface area contributed by atoms with Crippen LogP contribution in [-0.2, 0) is 9.59 Å². The van der Waals surface area contributed by atoms with Gasteiger partial charge in [-0.3, -0.25) is 4.79 Å². The number of carboxylic acids is 1.